The molecule has 40 heavy (non-hydrogen) atoms. The van der Waals surface area contributed by atoms with Crippen LogP contribution >= 0.6 is 0 Å². The zero-order valence-corrected chi connectivity index (χ0v) is 23.9. The van der Waals surface area contributed by atoms with E-state index >= 15 is 0 Å². The first-order valence-corrected chi connectivity index (χ1v) is 14.8. The lowest BCUT2D eigenvalue weighted by molar-refractivity contribution is -0.136. The Labute approximate surface area is 235 Å². The Hall–Kier alpha value is -3.32. The summed E-state index contributed by atoms with van der Waals surface area (Å²) in [6, 6.07) is 15.1. The van der Waals surface area contributed by atoms with Gasteiger partial charge in [-0.1, -0.05) is 30.3 Å². The van der Waals surface area contributed by atoms with Gasteiger partial charge in [0, 0.05) is 39.0 Å². The van der Waals surface area contributed by atoms with Gasteiger partial charge < -0.3 is 19.5 Å². The summed E-state index contributed by atoms with van der Waals surface area (Å²) < 4.78 is 41.9. The van der Waals surface area contributed by atoms with Crippen LogP contribution in [0.3, 0.4) is 0 Å². The van der Waals surface area contributed by atoms with Crippen molar-refractivity contribution in [2.24, 2.45) is 5.92 Å². The molecule has 0 aliphatic carbocycles. The number of sulfonamides is 1. The predicted molar refractivity (Wildman–Crippen MR) is 148 cm³/mol. The van der Waals surface area contributed by atoms with Crippen molar-refractivity contribution >= 4 is 15.9 Å². The molecule has 11 nitrogen and oxygen atoms in total. The summed E-state index contributed by atoms with van der Waals surface area (Å²) in [4.78, 5) is 14.8. The lowest BCUT2D eigenvalue weighted by Gasteiger charge is -2.35. The number of hydrogen-bond donors (Lipinski definition) is 1. The van der Waals surface area contributed by atoms with Gasteiger partial charge in [0.2, 0.25) is 15.9 Å². The third-order valence-electron chi connectivity index (χ3n) is 6.99. The van der Waals surface area contributed by atoms with Crippen LogP contribution in [0.4, 0.5) is 0 Å². The number of likely N-dealkylation sites (N-methyl/N-ethyl adjacent to an activating group) is 1. The van der Waals surface area contributed by atoms with E-state index in [0.29, 0.717) is 43.1 Å². The van der Waals surface area contributed by atoms with Gasteiger partial charge in [-0.15, -0.1) is 5.10 Å². The Morgan fingerprint density at radius 3 is 2.55 bits per heavy atom. The number of nitrogens with zero attached hydrogens (tertiary/aromatic N) is 5. The zero-order chi connectivity index (χ0) is 28.7. The number of aliphatic hydroxyl groups is 1. The first-order valence-electron chi connectivity index (χ1n) is 13.4. The number of ether oxygens (including phenoxy) is 2. The van der Waals surface area contributed by atoms with Crippen molar-refractivity contribution in [2.75, 3.05) is 26.7 Å². The molecule has 1 aliphatic heterocycles. The minimum atomic E-state index is -3.85. The number of hydrogen-bond acceptors (Lipinski definition) is 8. The molecule has 0 unspecified atom stereocenters. The number of amides is 1. The van der Waals surface area contributed by atoms with Crippen molar-refractivity contribution < 1.29 is 27.8 Å². The Kier molecular flexibility index (Phi) is 9.90. The molecule has 0 saturated heterocycles. The fourth-order valence-corrected chi connectivity index (χ4v) is 5.71. The molecule has 1 aliphatic rings. The monoisotopic (exact) mass is 571 g/mol. The van der Waals surface area contributed by atoms with Gasteiger partial charge in [0.1, 0.15) is 17.2 Å². The van der Waals surface area contributed by atoms with E-state index < -0.39 is 16.1 Å². The second kappa shape index (κ2) is 13.4. The van der Waals surface area contributed by atoms with Crippen LogP contribution in [0.2, 0.25) is 0 Å². The molecular weight excluding hydrogens is 534 g/mol. The SMILES string of the molecule is C[C@H](CO)N1C[C@H](C)[C@H](CN(C)S(=O)(=O)c2ccc(Oc3ccccc3)cc2)OCc2cn(nn2)CCCC1=O. The Bertz CT molecular complexity index is 1350. The van der Waals surface area contributed by atoms with Crippen molar-refractivity contribution in [1.82, 2.24) is 24.2 Å². The minimum absolute atomic E-state index is 0.0510. The lowest BCUT2D eigenvalue weighted by Crippen LogP contribution is -2.47. The highest BCUT2D eigenvalue weighted by Crippen LogP contribution is 2.25. The van der Waals surface area contributed by atoms with Crippen LogP contribution in [0, 0.1) is 5.92 Å². The number of carbonyl (C=O) groups excluding carboxylic acids is 1. The van der Waals surface area contributed by atoms with Gasteiger partial charge in [-0.3, -0.25) is 9.48 Å². The summed E-state index contributed by atoms with van der Waals surface area (Å²) in [5.74, 6) is 0.858. The molecular formula is C28H37N5O6S. The van der Waals surface area contributed by atoms with Crippen LogP contribution in [0.15, 0.2) is 65.7 Å². The zero-order valence-electron chi connectivity index (χ0n) is 23.1. The fraction of sp³-hybridized carbons (Fsp3) is 0.464. The molecule has 0 spiro atoms. The molecule has 1 amide bonds. The van der Waals surface area contributed by atoms with Gasteiger partial charge in [0.25, 0.3) is 0 Å². The second-order valence-electron chi connectivity index (χ2n) is 10.2. The quantitative estimate of drug-likeness (QED) is 0.437. The highest BCUT2D eigenvalue weighted by Gasteiger charge is 2.31. The van der Waals surface area contributed by atoms with Gasteiger partial charge in [0.15, 0.2) is 0 Å². The van der Waals surface area contributed by atoms with Crippen molar-refractivity contribution in [2.45, 2.75) is 56.9 Å². The Morgan fingerprint density at radius 1 is 1.15 bits per heavy atom. The first kappa shape index (κ1) is 29.7. The van der Waals surface area contributed by atoms with E-state index in [9.17, 15) is 18.3 Å². The van der Waals surface area contributed by atoms with E-state index in [-0.39, 0.29) is 42.5 Å². The first-order chi connectivity index (χ1) is 19.2. The number of aryl methyl sites for hydroxylation is 1. The summed E-state index contributed by atoms with van der Waals surface area (Å²) in [5.41, 5.74) is 0.628. The van der Waals surface area contributed by atoms with Crippen LogP contribution in [0.5, 0.6) is 11.5 Å². The molecule has 2 heterocycles. The van der Waals surface area contributed by atoms with Crippen LogP contribution < -0.4 is 4.74 Å². The summed E-state index contributed by atoms with van der Waals surface area (Å²) in [6.45, 7) is 4.59. The summed E-state index contributed by atoms with van der Waals surface area (Å²) in [7, 11) is -2.34. The molecule has 2 bridgehead atoms. The molecule has 1 N–H and O–H groups in total. The maximum atomic E-state index is 13.5. The number of fused-ring (bicyclic) bond motifs is 2. The smallest absolute Gasteiger partial charge is 0.242 e. The van der Waals surface area contributed by atoms with E-state index in [1.54, 1.807) is 34.8 Å². The summed E-state index contributed by atoms with van der Waals surface area (Å²) in [6.07, 6.45) is 2.10. The molecule has 12 heteroatoms. The minimum Gasteiger partial charge on any atom is -0.457 e. The van der Waals surface area contributed by atoms with E-state index in [1.165, 1.54) is 23.5 Å². The molecule has 3 atom stereocenters. The van der Waals surface area contributed by atoms with Crippen molar-refractivity contribution in [3.05, 3.63) is 66.5 Å². The highest BCUT2D eigenvalue weighted by molar-refractivity contribution is 7.89. The standard InChI is InChI=1S/C28H37N5O6S/c1-21-16-33(22(2)19-34)28(35)10-7-15-32-17-23(29-30-32)20-38-27(21)18-31(3)40(36,37)26-13-11-25(12-14-26)39-24-8-5-4-6-9-24/h4-6,8-9,11-14,17,21-22,27,34H,7,10,15-16,18-20H2,1-3H3/t21-,22+,27-/m0/s1. The van der Waals surface area contributed by atoms with E-state index in [4.69, 9.17) is 9.47 Å². The summed E-state index contributed by atoms with van der Waals surface area (Å²) >= 11 is 0. The van der Waals surface area contributed by atoms with Gasteiger partial charge >= 0.3 is 0 Å². The lowest BCUT2D eigenvalue weighted by atomic mass is 10.0. The number of rotatable bonds is 8. The normalized spacial score (nSPS) is 19.9. The van der Waals surface area contributed by atoms with Crippen molar-refractivity contribution in [3.8, 4) is 11.5 Å². The van der Waals surface area contributed by atoms with Crippen molar-refractivity contribution in [3.63, 3.8) is 0 Å². The van der Waals surface area contributed by atoms with Gasteiger partial charge in [-0.2, -0.15) is 4.31 Å². The average molecular weight is 572 g/mol. The highest BCUT2D eigenvalue weighted by atomic mass is 32.2. The average Bonchev–Trinajstić information content (AvgIpc) is 3.41. The molecule has 1 aromatic heterocycles. The van der Waals surface area contributed by atoms with Gasteiger partial charge in [-0.25, -0.2) is 8.42 Å². The molecule has 216 valence electrons. The Morgan fingerprint density at radius 2 is 1.85 bits per heavy atom. The topological polar surface area (TPSA) is 127 Å². The maximum absolute atomic E-state index is 13.5. The summed E-state index contributed by atoms with van der Waals surface area (Å²) in [5, 5.41) is 18.0. The maximum Gasteiger partial charge on any atom is 0.242 e. The van der Waals surface area contributed by atoms with Crippen LogP contribution in [-0.4, -0.2) is 82.5 Å². The number of para-hydroxylation sites is 1. The number of carbonyl (C=O) groups is 1. The molecule has 0 fully saturated rings. The predicted octanol–water partition coefficient (Wildman–Crippen LogP) is 2.92. The van der Waals surface area contributed by atoms with Crippen LogP contribution in [0.1, 0.15) is 32.4 Å². The largest absolute Gasteiger partial charge is 0.457 e. The number of aliphatic hydroxyl groups excluding tert-OH is 1. The second-order valence-corrected chi connectivity index (χ2v) is 12.2. The number of benzene rings is 2. The van der Waals surface area contributed by atoms with E-state index in [2.05, 4.69) is 10.3 Å². The third-order valence-corrected chi connectivity index (χ3v) is 8.83. The van der Waals surface area contributed by atoms with Gasteiger partial charge in [0.05, 0.1) is 36.5 Å². The third kappa shape index (κ3) is 7.45. The molecule has 0 radical (unpaired) electrons. The number of aromatic nitrogens is 3. The molecule has 2 aromatic carbocycles. The fourth-order valence-electron chi connectivity index (χ4n) is 4.53. The molecule has 0 saturated carbocycles. The van der Waals surface area contributed by atoms with E-state index in [1.807, 2.05) is 37.3 Å². The molecule has 3 aromatic rings. The molecule has 4 rings (SSSR count). The van der Waals surface area contributed by atoms with Gasteiger partial charge in [-0.05, 0) is 49.7 Å². The van der Waals surface area contributed by atoms with Crippen LogP contribution in [0.25, 0.3) is 0 Å². The van der Waals surface area contributed by atoms with E-state index in [0.717, 1.165) is 0 Å². The Balaban J connectivity index is 1.51. The van der Waals surface area contributed by atoms with Crippen LogP contribution in [-0.2, 0) is 32.7 Å². The van der Waals surface area contributed by atoms with Crippen molar-refractivity contribution in [1.29, 1.82) is 0 Å².